The van der Waals surface area contributed by atoms with Crippen LogP contribution in [0.15, 0.2) is 60.7 Å². The molecule has 0 radical (unpaired) electrons. The molecule has 2 aromatic rings. The van der Waals surface area contributed by atoms with Gasteiger partial charge >= 0.3 is 23.9 Å². The fourth-order valence-electron chi connectivity index (χ4n) is 8.22. The molecule has 68 heavy (non-hydrogen) atoms. The van der Waals surface area contributed by atoms with Crippen LogP contribution >= 0.6 is 0 Å². The van der Waals surface area contributed by atoms with Crippen LogP contribution in [0.4, 0.5) is 0 Å². The van der Waals surface area contributed by atoms with Crippen molar-refractivity contribution in [1.82, 2.24) is 0 Å². The molecule has 0 aliphatic carbocycles. The first-order chi connectivity index (χ1) is 33.3. The Hall–Kier alpha value is -4.60. The lowest BCUT2D eigenvalue weighted by Gasteiger charge is -2.16. The van der Waals surface area contributed by atoms with Crippen molar-refractivity contribution >= 4 is 36.4 Å². The van der Waals surface area contributed by atoms with Crippen LogP contribution in [0.2, 0.25) is 0 Å². The lowest BCUT2D eigenvalue weighted by Crippen LogP contribution is -2.21. The summed E-state index contributed by atoms with van der Waals surface area (Å²) in [5.41, 5.74) is 0.806. The van der Waals surface area contributed by atoms with Crippen molar-refractivity contribution in [2.75, 3.05) is 26.3 Å². The fourth-order valence-corrected chi connectivity index (χ4v) is 8.22. The van der Waals surface area contributed by atoms with Gasteiger partial charge in [-0.3, -0.25) is 9.59 Å². The molecule has 0 aromatic heterocycles. The van der Waals surface area contributed by atoms with Crippen molar-refractivity contribution in [2.24, 2.45) is 11.8 Å². The van der Waals surface area contributed by atoms with Crippen LogP contribution in [0.5, 0.6) is 11.5 Å². The number of allylic oxidation sites excluding steroid dienone is 2. The highest BCUT2D eigenvalue weighted by Gasteiger charge is 2.22. The van der Waals surface area contributed by atoms with Crippen molar-refractivity contribution in [3.05, 3.63) is 71.8 Å². The smallest absolute Gasteiger partial charge is 0.338 e. The minimum atomic E-state index is -0.429. The van der Waals surface area contributed by atoms with Gasteiger partial charge in [-0.1, -0.05) is 136 Å². The number of ether oxygens (including phenoxy) is 4. The maximum absolute atomic E-state index is 13.2. The second-order valence-electron chi connectivity index (χ2n) is 18.4. The first kappa shape index (κ1) is 59.5. The highest BCUT2D eigenvalue weighted by Crippen LogP contribution is 2.24. The average Bonchev–Trinajstić information content (AvgIpc) is 3.34. The summed E-state index contributed by atoms with van der Waals surface area (Å²) in [6, 6.07) is 13.2. The molecule has 2 atom stereocenters. The summed E-state index contributed by atoms with van der Waals surface area (Å²) in [6.07, 6.45) is 35.0. The van der Waals surface area contributed by atoms with Gasteiger partial charge in [0, 0.05) is 25.7 Å². The minimum absolute atomic E-state index is 0.107. The van der Waals surface area contributed by atoms with Gasteiger partial charge in [0.2, 0.25) is 0 Å². The highest BCUT2D eigenvalue weighted by atomic mass is 16.5. The highest BCUT2D eigenvalue weighted by molar-refractivity contribution is 5.90. The predicted octanol–water partition coefficient (Wildman–Crippen LogP) is 14.6. The van der Waals surface area contributed by atoms with Gasteiger partial charge in [-0.05, 0) is 107 Å². The molecule has 0 saturated carbocycles. The van der Waals surface area contributed by atoms with Gasteiger partial charge in [-0.15, -0.1) is 0 Å². The summed E-state index contributed by atoms with van der Waals surface area (Å²) in [6.45, 7) is 10.6. The van der Waals surface area contributed by atoms with Gasteiger partial charge < -0.3 is 23.7 Å². The number of hydrogen-bond acceptors (Lipinski definition) is 9. The number of benzene rings is 2. The summed E-state index contributed by atoms with van der Waals surface area (Å²) in [5, 5.41) is 0. The minimum Gasteiger partial charge on any atom is -0.462 e. The molecular formula is C58H90NO9+. The molecule has 0 amide bonds. The summed E-state index contributed by atoms with van der Waals surface area (Å²) < 4.78 is 24.9. The van der Waals surface area contributed by atoms with Gasteiger partial charge in [0.05, 0.1) is 36.2 Å². The Morgan fingerprint density at radius 2 is 0.912 bits per heavy atom. The molecule has 380 valence electrons. The zero-order valence-corrected chi connectivity index (χ0v) is 42.8. The van der Waals surface area contributed by atoms with Crippen molar-refractivity contribution < 1.29 is 47.5 Å². The van der Waals surface area contributed by atoms with Gasteiger partial charge in [0.25, 0.3) is 0 Å². The lowest BCUT2D eigenvalue weighted by atomic mass is 9.94. The molecule has 0 aliphatic heterocycles. The predicted molar refractivity (Wildman–Crippen MR) is 275 cm³/mol. The first-order valence-electron chi connectivity index (χ1n) is 26.9. The zero-order chi connectivity index (χ0) is 49.3. The molecule has 0 heterocycles. The summed E-state index contributed by atoms with van der Waals surface area (Å²) in [4.78, 5) is 63.0. The summed E-state index contributed by atoms with van der Waals surface area (Å²) >= 11 is 0. The molecule has 2 aromatic carbocycles. The second-order valence-corrected chi connectivity index (χ2v) is 18.4. The topological polar surface area (TPSA) is 125 Å². The number of unbranched alkanes of at least 4 members (excludes halogenated alkanes) is 17. The largest absolute Gasteiger partial charge is 0.462 e. The maximum Gasteiger partial charge on any atom is 0.338 e. The van der Waals surface area contributed by atoms with Crippen LogP contribution in [-0.4, -0.2) is 67.3 Å². The van der Waals surface area contributed by atoms with Crippen LogP contribution in [0.1, 0.15) is 228 Å². The standard InChI is InChI=1S/C58H90NO9/c1-5-9-13-17-19-23-33-49(31-21-15-11-7-3)57(63)67-53-39-35-51(36-40-53)55(61)65-47-29-26-44-59(43-25-28-46-60)45-27-30-48-66-56(62)52-37-41-54(42-38-52)68-58(64)50(32-22-16-12-8-4)34-24-20-18-14-10-6-2/h5,9,35-42,44,46,49-50H,6-8,10-34,43,45,47-48H2,1-4H3/q+1/b9-5+,59-44?. The molecule has 0 spiro atoms. The number of esters is 4. The molecular weight excluding hydrogens is 855 g/mol. The van der Waals surface area contributed by atoms with E-state index in [-0.39, 0.29) is 37.0 Å². The number of hydrogen-bond donors (Lipinski definition) is 0. The average molecular weight is 945 g/mol. The van der Waals surface area contributed by atoms with Crippen molar-refractivity contribution in [3.63, 3.8) is 0 Å². The van der Waals surface area contributed by atoms with Crippen LogP contribution in [0.3, 0.4) is 0 Å². The van der Waals surface area contributed by atoms with Crippen LogP contribution < -0.4 is 9.47 Å². The number of rotatable bonds is 42. The third-order valence-corrected chi connectivity index (χ3v) is 12.5. The Morgan fingerprint density at radius 3 is 1.38 bits per heavy atom. The molecule has 10 nitrogen and oxygen atoms in total. The van der Waals surface area contributed by atoms with Crippen LogP contribution in [-0.2, 0) is 23.9 Å². The molecule has 2 rings (SSSR count). The van der Waals surface area contributed by atoms with Gasteiger partial charge in [-0.25, -0.2) is 14.2 Å². The molecule has 2 unspecified atom stereocenters. The zero-order valence-electron chi connectivity index (χ0n) is 42.8. The van der Waals surface area contributed by atoms with E-state index in [1.807, 2.05) is 6.92 Å². The third kappa shape index (κ3) is 28.7. The second kappa shape index (κ2) is 40.3. The van der Waals surface area contributed by atoms with Crippen molar-refractivity contribution in [1.29, 1.82) is 0 Å². The third-order valence-electron chi connectivity index (χ3n) is 12.5. The van der Waals surface area contributed by atoms with E-state index >= 15 is 0 Å². The van der Waals surface area contributed by atoms with E-state index in [1.165, 1.54) is 38.5 Å². The molecule has 0 bridgehead atoms. The van der Waals surface area contributed by atoms with E-state index in [0.717, 1.165) is 135 Å². The Bertz CT molecular complexity index is 1700. The molecule has 10 heteroatoms. The SMILES string of the molecule is C/C=C/CCCCCC(CCCCCC)C(=O)Oc1ccc(C(=O)OCCCC=[N+](CCCC=O)CCCCOC(=O)c2ccc(OC(=O)C(CCCCCC)CCCCCCCC)cc2)cc1. The van der Waals surface area contributed by atoms with Gasteiger partial charge in [-0.2, -0.15) is 0 Å². The molecule has 0 N–H and O–H groups in total. The monoisotopic (exact) mass is 945 g/mol. The Morgan fingerprint density at radius 1 is 0.485 bits per heavy atom. The Kier molecular flexibility index (Phi) is 35.3. The van der Waals surface area contributed by atoms with E-state index in [2.05, 4.69) is 43.7 Å². The molecule has 0 saturated heterocycles. The van der Waals surface area contributed by atoms with Crippen molar-refractivity contribution in [3.8, 4) is 11.5 Å². The Balaban J connectivity index is 1.78. The van der Waals surface area contributed by atoms with Gasteiger partial charge in [0.1, 0.15) is 37.1 Å². The maximum atomic E-state index is 13.2. The fraction of sp³-hybridized carbons (Fsp3) is 0.655. The number of carbonyl (C=O) groups excluding carboxylic acids is 5. The molecule has 0 fully saturated rings. The Labute approximate surface area is 411 Å². The summed E-state index contributed by atoms with van der Waals surface area (Å²) in [5.74, 6) is -0.583. The number of nitrogens with zero attached hydrogens (tertiary/aromatic N) is 1. The van der Waals surface area contributed by atoms with Crippen molar-refractivity contribution in [2.45, 2.75) is 207 Å². The van der Waals surface area contributed by atoms with E-state index in [1.54, 1.807) is 48.5 Å². The summed E-state index contributed by atoms with van der Waals surface area (Å²) in [7, 11) is 0. The van der Waals surface area contributed by atoms with Gasteiger partial charge in [0.15, 0.2) is 0 Å². The van der Waals surface area contributed by atoms with Crippen LogP contribution in [0.25, 0.3) is 0 Å². The normalized spacial score (nSPS) is 12.4. The van der Waals surface area contributed by atoms with E-state index < -0.39 is 11.9 Å². The van der Waals surface area contributed by atoms with Crippen LogP contribution in [0, 0.1) is 11.8 Å². The van der Waals surface area contributed by atoms with E-state index in [9.17, 15) is 24.0 Å². The number of aldehydes is 1. The van der Waals surface area contributed by atoms with E-state index in [0.29, 0.717) is 48.3 Å². The number of carbonyl (C=O) groups is 5. The quantitative estimate of drug-likeness (QED) is 0.0122. The lowest BCUT2D eigenvalue weighted by molar-refractivity contribution is -0.525. The van der Waals surface area contributed by atoms with E-state index in [4.69, 9.17) is 18.9 Å². The first-order valence-corrected chi connectivity index (χ1v) is 26.9. The molecule has 0 aliphatic rings.